The Balaban J connectivity index is 2.27. The van der Waals surface area contributed by atoms with Gasteiger partial charge in [-0.1, -0.05) is 6.07 Å². The molecule has 0 aromatic heterocycles. The number of amides is 1. The van der Waals surface area contributed by atoms with Crippen molar-refractivity contribution < 1.29 is 24.5 Å². The summed E-state index contributed by atoms with van der Waals surface area (Å²) >= 11 is 0. The Kier molecular flexibility index (Phi) is 4.57. The highest BCUT2D eigenvalue weighted by Crippen LogP contribution is 2.44. The number of nitrogens with one attached hydrogen (secondary N) is 1. The lowest BCUT2D eigenvalue weighted by atomic mass is 9.91. The molecule has 0 atom stereocenters. The lowest BCUT2D eigenvalue weighted by molar-refractivity contribution is -0.121. The Hall–Kier alpha value is -3.06. The minimum atomic E-state index is -1.06. The number of anilines is 2. The number of benzene rings is 2. The minimum Gasteiger partial charge on any atom is -0.496 e. The number of hydrogen-bond acceptors (Lipinski definition) is 5. The van der Waals surface area contributed by atoms with Gasteiger partial charge < -0.3 is 25.2 Å². The molecule has 3 rings (SSSR count). The molecule has 0 radical (unpaired) electrons. The number of aliphatic hydroxyl groups excluding tert-OH is 1. The van der Waals surface area contributed by atoms with Gasteiger partial charge in [0.25, 0.3) is 5.91 Å². The number of carbonyl (C=O) groups excluding carboxylic acids is 1. The third-order valence-corrected chi connectivity index (χ3v) is 4.80. The number of carboxylic acids is 1. The van der Waals surface area contributed by atoms with Crippen LogP contribution in [0.2, 0.25) is 0 Å². The third-order valence-electron chi connectivity index (χ3n) is 4.80. The number of hydrogen-bond donors (Lipinski definition) is 3. The maximum Gasteiger partial charge on any atom is 0.335 e. The van der Waals surface area contributed by atoms with Crippen molar-refractivity contribution in [3.8, 4) is 16.9 Å². The summed E-state index contributed by atoms with van der Waals surface area (Å²) in [4.78, 5) is 25.6. The van der Waals surface area contributed by atoms with Crippen molar-refractivity contribution in [3.05, 3.63) is 41.5 Å². The first kappa shape index (κ1) is 18.7. The molecule has 0 bridgehead atoms. The maximum atomic E-state index is 12.7. The van der Waals surface area contributed by atoms with E-state index in [9.17, 15) is 19.8 Å². The predicted octanol–water partition coefficient (Wildman–Crippen LogP) is 2.72. The molecule has 27 heavy (non-hydrogen) atoms. The fraction of sp³-hybridized carbons (Fsp3) is 0.300. The van der Waals surface area contributed by atoms with Crippen LogP contribution in [0.3, 0.4) is 0 Å². The highest BCUT2D eigenvalue weighted by Gasteiger charge is 2.38. The molecule has 2 aromatic rings. The zero-order chi connectivity index (χ0) is 19.9. The summed E-state index contributed by atoms with van der Waals surface area (Å²) in [5, 5.41) is 22.6. The van der Waals surface area contributed by atoms with Gasteiger partial charge >= 0.3 is 5.97 Å². The number of nitrogens with zero attached hydrogens (tertiary/aromatic N) is 1. The molecule has 1 aliphatic heterocycles. The Morgan fingerprint density at radius 1 is 1.22 bits per heavy atom. The zero-order valence-electron chi connectivity index (χ0n) is 15.7. The van der Waals surface area contributed by atoms with Crippen molar-refractivity contribution in [1.29, 1.82) is 0 Å². The summed E-state index contributed by atoms with van der Waals surface area (Å²) in [6.07, 6.45) is 0. The van der Waals surface area contributed by atoms with Crippen LogP contribution in [0.5, 0.6) is 5.75 Å². The Morgan fingerprint density at radius 2 is 1.93 bits per heavy atom. The normalized spacial score (nSPS) is 15.1. The van der Waals surface area contributed by atoms with Crippen LogP contribution in [0.25, 0.3) is 11.1 Å². The van der Waals surface area contributed by atoms with Gasteiger partial charge in [-0.2, -0.15) is 0 Å². The van der Waals surface area contributed by atoms with Gasteiger partial charge in [0, 0.05) is 18.2 Å². The largest absolute Gasteiger partial charge is 0.496 e. The predicted molar refractivity (Wildman–Crippen MR) is 102 cm³/mol. The van der Waals surface area contributed by atoms with Crippen molar-refractivity contribution in [2.24, 2.45) is 0 Å². The molecule has 142 valence electrons. The Morgan fingerprint density at radius 3 is 2.52 bits per heavy atom. The Bertz CT molecular complexity index is 936. The van der Waals surface area contributed by atoms with E-state index in [1.165, 1.54) is 24.1 Å². The number of methoxy groups -OCH3 is 1. The van der Waals surface area contributed by atoms with Gasteiger partial charge in [0.15, 0.2) is 0 Å². The first-order valence-electron chi connectivity index (χ1n) is 8.46. The van der Waals surface area contributed by atoms with Crippen molar-refractivity contribution in [1.82, 2.24) is 0 Å². The van der Waals surface area contributed by atoms with Gasteiger partial charge in [0.2, 0.25) is 0 Å². The molecule has 0 unspecified atom stereocenters. The highest BCUT2D eigenvalue weighted by molar-refractivity contribution is 6.09. The Labute approximate surface area is 157 Å². The lowest BCUT2D eigenvalue weighted by Gasteiger charge is -2.39. The number of fused-ring (bicyclic) bond motifs is 1. The minimum absolute atomic E-state index is 0.107. The van der Waals surface area contributed by atoms with Crippen LogP contribution in [-0.2, 0) is 11.4 Å². The van der Waals surface area contributed by atoms with Crippen LogP contribution >= 0.6 is 0 Å². The van der Waals surface area contributed by atoms with Gasteiger partial charge in [-0.25, -0.2) is 4.79 Å². The number of aliphatic hydroxyl groups is 1. The summed E-state index contributed by atoms with van der Waals surface area (Å²) in [5.74, 6) is -0.709. The van der Waals surface area contributed by atoms with Crippen LogP contribution in [0.1, 0.15) is 29.8 Å². The van der Waals surface area contributed by atoms with Gasteiger partial charge in [-0.15, -0.1) is 0 Å². The monoisotopic (exact) mass is 370 g/mol. The molecular formula is C20H22N2O5. The number of carbonyl (C=O) groups is 2. The summed E-state index contributed by atoms with van der Waals surface area (Å²) in [6.45, 7) is 3.26. The number of rotatable bonds is 4. The van der Waals surface area contributed by atoms with Crippen LogP contribution < -0.4 is 15.0 Å². The standard InChI is InChI=1S/C20H22N2O5/c1-20(2)19(26)22(3)17-14(10-23)12(6-7-15(17)21-20)13-9-11(18(24)25)5-8-16(13)27-4/h5-9,21,23H,10H2,1-4H3,(H,24,25). The van der Waals surface area contributed by atoms with E-state index in [0.717, 1.165) is 5.69 Å². The van der Waals surface area contributed by atoms with E-state index in [4.69, 9.17) is 4.74 Å². The van der Waals surface area contributed by atoms with Crippen molar-refractivity contribution in [2.75, 3.05) is 24.4 Å². The molecule has 1 amide bonds. The topological polar surface area (TPSA) is 99.1 Å². The van der Waals surface area contributed by atoms with Crippen LogP contribution in [-0.4, -0.2) is 41.8 Å². The van der Waals surface area contributed by atoms with Crippen LogP contribution in [0.4, 0.5) is 11.4 Å². The molecule has 0 fully saturated rings. The molecule has 0 aliphatic carbocycles. The first-order valence-corrected chi connectivity index (χ1v) is 8.46. The fourth-order valence-electron chi connectivity index (χ4n) is 3.50. The number of ether oxygens (including phenoxy) is 1. The van der Waals surface area contributed by atoms with Crippen molar-refractivity contribution in [2.45, 2.75) is 26.0 Å². The van der Waals surface area contributed by atoms with Crippen LogP contribution in [0, 0.1) is 0 Å². The summed E-state index contributed by atoms with van der Waals surface area (Å²) in [5.41, 5.74) is 2.30. The van der Waals surface area contributed by atoms with E-state index in [1.54, 1.807) is 33.0 Å². The molecule has 0 spiro atoms. The molecular weight excluding hydrogens is 348 g/mol. The molecule has 3 N–H and O–H groups in total. The third kappa shape index (κ3) is 3.00. The van der Waals surface area contributed by atoms with Crippen LogP contribution in [0.15, 0.2) is 30.3 Å². The number of carboxylic acid groups (broad SMARTS) is 1. The number of aromatic carboxylic acids is 1. The van der Waals surface area contributed by atoms with Gasteiger partial charge in [-0.3, -0.25) is 4.79 Å². The summed E-state index contributed by atoms with van der Waals surface area (Å²) in [7, 11) is 3.16. The van der Waals surface area contributed by atoms with E-state index < -0.39 is 11.5 Å². The second-order valence-electron chi connectivity index (χ2n) is 6.98. The van der Waals surface area contributed by atoms with Gasteiger partial charge in [-0.05, 0) is 43.7 Å². The maximum absolute atomic E-state index is 12.7. The van der Waals surface area contributed by atoms with E-state index in [0.29, 0.717) is 28.1 Å². The zero-order valence-corrected chi connectivity index (χ0v) is 15.7. The van der Waals surface area contributed by atoms with E-state index in [-0.39, 0.29) is 18.1 Å². The molecule has 0 saturated heterocycles. The van der Waals surface area contributed by atoms with Crippen molar-refractivity contribution in [3.63, 3.8) is 0 Å². The van der Waals surface area contributed by atoms with Crippen molar-refractivity contribution >= 4 is 23.3 Å². The highest BCUT2D eigenvalue weighted by atomic mass is 16.5. The van der Waals surface area contributed by atoms with Gasteiger partial charge in [0.05, 0.1) is 30.7 Å². The van der Waals surface area contributed by atoms with Gasteiger partial charge in [0.1, 0.15) is 11.3 Å². The molecule has 0 saturated carbocycles. The summed E-state index contributed by atoms with van der Waals surface area (Å²) in [6, 6.07) is 8.16. The second kappa shape index (κ2) is 6.59. The molecule has 1 heterocycles. The molecule has 2 aromatic carbocycles. The number of likely N-dealkylation sites (N-methyl/N-ethyl adjacent to an activating group) is 1. The smallest absolute Gasteiger partial charge is 0.335 e. The second-order valence-corrected chi connectivity index (χ2v) is 6.98. The summed E-state index contributed by atoms with van der Waals surface area (Å²) < 4.78 is 5.39. The van der Waals surface area contributed by atoms with E-state index in [2.05, 4.69) is 5.32 Å². The quantitative estimate of drug-likeness (QED) is 0.765. The molecule has 7 nitrogen and oxygen atoms in total. The lowest BCUT2D eigenvalue weighted by Crippen LogP contribution is -2.52. The first-order chi connectivity index (χ1) is 12.7. The molecule has 7 heteroatoms. The molecule has 1 aliphatic rings. The SMILES string of the molecule is COc1ccc(C(=O)O)cc1-c1ccc2c(c1CO)N(C)C(=O)C(C)(C)N2. The van der Waals surface area contributed by atoms with E-state index >= 15 is 0 Å². The average Bonchev–Trinajstić information content (AvgIpc) is 2.64. The fourth-order valence-corrected chi connectivity index (χ4v) is 3.50. The average molecular weight is 370 g/mol. The van der Waals surface area contributed by atoms with E-state index in [1.807, 2.05) is 6.07 Å².